The van der Waals surface area contributed by atoms with Gasteiger partial charge in [-0.05, 0) is 36.8 Å². The second-order valence-electron chi connectivity index (χ2n) is 6.89. The van der Waals surface area contributed by atoms with Gasteiger partial charge in [0.05, 0.1) is 18.9 Å². The van der Waals surface area contributed by atoms with Crippen LogP contribution in [0.3, 0.4) is 0 Å². The molecule has 1 atom stereocenters. The predicted molar refractivity (Wildman–Crippen MR) is 109 cm³/mol. The Hall–Kier alpha value is -3.33. The van der Waals surface area contributed by atoms with E-state index in [1.807, 2.05) is 25.1 Å². The lowest BCUT2D eigenvalue weighted by Crippen LogP contribution is -2.41. The first-order chi connectivity index (χ1) is 14.6. The lowest BCUT2D eigenvalue weighted by molar-refractivity contribution is -0.0498. The average molecular weight is 413 g/mol. The number of pyridine rings is 1. The van der Waals surface area contributed by atoms with E-state index in [0.717, 1.165) is 35.7 Å². The van der Waals surface area contributed by atoms with Gasteiger partial charge in [0.2, 0.25) is 0 Å². The fourth-order valence-corrected chi connectivity index (χ4v) is 3.26. The number of aromatic nitrogens is 3. The number of nitrogens with zero attached hydrogens (tertiary/aromatic N) is 4. The van der Waals surface area contributed by atoms with Crippen LogP contribution >= 0.6 is 0 Å². The summed E-state index contributed by atoms with van der Waals surface area (Å²) < 4.78 is 34.6. The van der Waals surface area contributed by atoms with E-state index >= 15 is 0 Å². The number of halogens is 2. The van der Waals surface area contributed by atoms with Crippen LogP contribution in [-0.2, 0) is 4.74 Å². The average Bonchev–Trinajstić information content (AvgIpc) is 2.74. The van der Waals surface area contributed by atoms with Gasteiger partial charge in [-0.2, -0.15) is 13.9 Å². The lowest BCUT2D eigenvalue weighted by atomic mass is 10.1. The molecule has 7 nitrogen and oxygen atoms in total. The van der Waals surface area contributed by atoms with Crippen LogP contribution in [0.2, 0.25) is 0 Å². The van der Waals surface area contributed by atoms with Crippen molar-refractivity contribution in [2.24, 2.45) is 0 Å². The molecule has 0 radical (unpaired) electrons. The van der Waals surface area contributed by atoms with Crippen LogP contribution in [0.25, 0.3) is 11.1 Å². The minimum absolute atomic E-state index is 0.107. The molecule has 2 aromatic heterocycles. The highest BCUT2D eigenvalue weighted by molar-refractivity contribution is 5.68. The summed E-state index contributed by atoms with van der Waals surface area (Å²) in [6.45, 7) is 1.45. The SMILES string of the molecule is CC1CN(c2cc(Nc3cc(-c4ccc(OC(F)F)cc4)cnn3)ccn2)CCO1. The second kappa shape index (κ2) is 9.00. The summed E-state index contributed by atoms with van der Waals surface area (Å²) >= 11 is 0. The van der Waals surface area contributed by atoms with Crippen molar-refractivity contribution in [3.8, 4) is 16.9 Å². The number of morpholine rings is 1. The number of hydrogen-bond donors (Lipinski definition) is 1. The standard InChI is InChI=1S/C21H21F2N5O2/c1-14-13-28(8-9-29-14)20-11-17(6-7-24-20)26-19-10-16(12-25-27-19)15-2-4-18(5-3-15)30-21(22)23/h2-7,10-12,14,21H,8-9,13H2,1H3,(H,24,26,27). The lowest BCUT2D eigenvalue weighted by Gasteiger charge is -2.32. The van der Waals surface area contributed by atoms with Gasteiger partial charge in [-0.3, -0.25) is 0 Å². The first-order valence-corrected chi connectivity index (χ1v) is 9.54. The van der Waals surface area contributed by atoms with Gasteiger partial charge >= 0.3 is 6.61 Å². The number of hydrogen-bond acceptors (Lipinski definition) is 7. The van der Waals surface area contributed by atoms with Crippen LogP contribution in [0.1, 0.15) is 6.92 Å². The van der Waals surface area contributed by atoms with Gasteiger partial charge in [-0.25, -0.2) is 4.98 Å². The third-order valence-electron chi connectivity index (χ3n) is 4.65. The maximum absolute atomic E-state index is 12.3. The van der Waals surface area contributed by atoms with E-state index in [-0.39, 0.29) is 11.9 Å². The normalized spacial score (nSPS) is 16.5. The van der Waals surface area contributed by atoms with Gasteiger partial charge in [-0.15, -0.1) is 5.10 Å². The summed E-state index contributed by atoms with van der Waals surface area (Å²) in [4.78, 5) is 6.65. The fraction of sp³-hybridized carbons (Fsp3) is 0.286. The highest BCUT2D eigenvalue weighted by Crippen LogP contribution is 2.26. The Bertz CT molecular complexity index is 987. The van der Waals surface area contributed by atoms with Crippen LogP contribution in [0.15, 0.2) is 54.9 Å². The highest BCUT2D eigenvalue weighted by atomic mass is 19.3. The Morgan fingerprint density at radius 2 is 2.00 bits per heavy atom. The summed E-state index contributed by atoms with van der Waals surface area (Å²) in [6.07, 6.45) is 3.52. The molecule has 156 valence electrons. The predicted octanol–water partition coefficient (Wildman–Crippen LogP) is 4.11. The van der Waals surface area contributed by atoms with E-state index in [1.165, 1.54) is 12.1 Å². The van der Waals surface area contributed by atoms with E-state index in [1.54, 1.807) is 24.5 Å². The first-order valence-electron chi connectivity index (χ1n) is 9.54. The van der Waals surface area contributed by atoms with Gasteiger partial charge in [0, 0.05) is 36.6 Å². The molecule has 1 saturated heterocycles. The van der Waals surface area contributed by atoms with E-state index in [2.05, 4.69) is 30.1 Å². The van der Waals surface area contributed by atoms with Gasteiger partial charge in [-0.1, -0.05) is 12.1 Å². The maximum Gasteiger partial charge on any atom is 0.387 e. The molecule has 1 N–H and O–H groups in total. The molecule has 0 aliphatic carbocycles. The molecule has 3 aromatic rings. The Kier molecular flexibility index (Phi) is 5.99. The molecule has 1 aliphatic heterocycles. The quantitative estimate of drug-likeness (QED) is 0.652. The van der Waals surface area contributed by atoms with Crippen molar-refractivity contribution in [2.45, 2.75) is 19.6 Å². The summed E-state index contributed by atoms with van der Waals surface area (Å²) in [5.41, 5.74) is 2.45. The molecule has 1 aliphatic rings. The number of ether oxygens (including phenoxy) is 2. The van der Waals surface area contributed by atoms with Gasteiger partial charge in [0.15, 0.2) is 5.82 Å². The summed E-state index contributed by atoms with van der Waals surface area (Å²) in [7, 11) is 0. The molecule has 9 heteroatoms. The summed E-state index contributed by atoms with van der Waals surface area (Å²) in [6, 6.07) is 12.0. The monoisotopic (exact) mass is 413 g/mol. The molecule has 0 amide bonds. The van der Waals surface area contributed by atoms with E-state index in [9.17, 15) is 8.78 Å². The molecule has 0 saturated carbocycles. The van der Waals surface area contributed by atoms with Crippen LogP contribution < -0.4 is 15.0 Å². The molecular weight excluding hydrogens is 392 g/mol. The molecule has 0 bridgehead atoms. The number of benzene rings is 1. The van der Waals surface area contributed by atoms with E-state index in [4.69, 9.17) is 4.74 Å². The second-order valence-corrected chi connectivity index (χ2v) is 6.89. The molecule has 30 heavy (non-hydrogen) atoms. The van der Waals surface area contributed by atoms with Crippen LogP contribution in [0.5, 0.6) is 5.75 Å². The first kappa shape index (κ1) is 20.0. The molecule has 4 rings (SSSR count). The molecule has 1 aromatic carbocycles. The van der Waals surface area contributed by atoms with E-state index in [0.29, 0.717) is 12.4 Å². The Balaban J connectivity index is 1.49. The van der Waals surface area contributed by atoms with Crippen molar-refractivity contribution < 1.29 is 18.3 Å². The van der Waals surface area contributed by atoms with Crippen molar-refractivity contribution >= 4 is 17.3 Å². The Morgan fingerprint density at radius 3 is 2.77 bits per heavy atom. The summed E-state index contributed by atoms with van der Waals surface area (Å²) in [5, 5.41) is 11.4. The topological polar surface area (TPSA) is 72.4 Å². The van der Waals surface area contributed by atoms with Crippen molar-refractivity contribution in [3.05, 3.63) is 54.9 Å². The molecular formula is C21H21F2N5O2. The Morgan fingerprint density at radius 1 is 1.17 bits per heavy atom. The molecule has 0 spiro atoms. The maximum atomic E-state index is 12.3. The Labute approximate surface area is 172 Å². The number of nitrogens with one attached hydrogen (secondary N) is 1. The minimum atomic E-state index is -2.85. The minimum Gasteiger partial charge on any atom is -0.435 e. The number of anilines is 3. The summed E-state index contributed by atoms with van der Waals surface area (Å²) in [5.74, 6) is 1.54. The highest BCUT2D eigenvalue weighted by Gasteiger charge is 2.18. The smallest absolute Gasteiger partial charge is 0.387 e. The van der Waals surface area contributed by atoms with Gasteiger partial charge in [0.25, 0.3) is 0 Å². The van der Waals surface area contributed by atoms with Gasteiger partial charge < -0.3 is 19.7 Å². The number of rotatable bonds is 6. The third-order valence-corrected chi connectivity index (χ3v) is 4.65. The van der Waals surface area contributed by atoms with E-state index < -0.39 is 6.61 Å². The van der Waals surface area contributed by atoms with Crippen molar-refractivity contribution in [1.29, 1.82) is 0 Å². The number of alkyl halides is 2. The zero-order valence-corrected chi connectivity index (χ0v) is 16.3. The van der Waals surface area contributed by atoms with Crippen LogP contribution in [0, 0.1) is 0 Å². The van der Waals surface area contributed by atoms with Gasteiger partial charge in [0.1, 0.15) is 11.6 Å². The van der Waals surface area contributed by atoms with Crippen LogP contribution in [-0.4, -0.2) is 47.6 Å². The van der Waals surface area contributed by atoms with Crippen molar-refractivity contribution in [2.75, 3.05) is 29.9 Å². The third kappa shape index (κ3) is 4.98. The molecule has 3 heterocycles. The van der Waals surface area contributed by atoms with Crippen molar-refractivity contribution in [3.63, 3.8) is 0 Å². The van der Waals surface area contributed by atoms with Crippen LogP contribution in [0.4, 0.5) is 26.1 Å². The zero-order valence-electron chi connectivity index (χ0n) is 16.3. The zero-order chi connectivity index (χ0) is 20.9. The largest absolute Gasteiger partial charge is 0.435 e. The molecule has 1 unspecified atom stereocenters. The van der Waals surface area contributed by atoms with Crippen molar-refractivity contribution in [1.82, 2.24) is 15.2 Å². The molecule has 1 fully saturated rings. The fourth-order valence-electron chi connectivity index (χ4n) is 3.26.